The maximum atomic E-state index is 12.3. The molecule has 7 heteroatoms. The number of aromatic amines is 1. The first-order chi connectivity index (χ1) is 15.0. The zero-order chi connectivity index (χ0) is 21.8. The third-order valence-electron chi connectivity index (χ3n) is 5.60. The Labute approximate surface area is 180 Å². The van der Waals surface area contributed by atoms with Gasteiger partial charge in [0.15, 0.2) is 0 Å². The number of H-pyrrole nitrogens is 1. The van der Waals surface area contributed by atoms with Gasteiger partial charge in [0, 0.05) is 25.8 Å². The SMILES string of the molecule is Cc1cccc(-n2c(O)c(C=NC3CCN(Cc4ccccc4)CC3)c(=O)[nH]c2=O)c1. The van der Waals surface area contributed by atoms with Crippen molar-refractivity contribution in [3.63, 3.8) is 0 Å². The predicted octanol–water partition coefficient (Wildman–Crippen LogP) is 2.62. The molecule has 1 aliphatic rings. The summed E-state index contributed by atoms with van der Waals surface area (Å²) in [5.74, 6) is -0.399. The minimum Gasteiger partial charge on any atom is -0.493 e. The largest absolute Gasteiger partial charge is 0.493 e. The summed E-state index contributed by atoms with van der Waals surface area (Å²) in [7, 11) is 0. The van der Waals surface area contributed by atoms with Crippen LogP contribution in [0.15, 0.2) is 69.2 Å². The average molecular weight is 418 g/mol. The first kappa shape index (κ1) is 20.8. The molecule has 0 bridgehead atoms. The molecule has 1 aromatic heterocycles. The van der Waals surface area contributed by atoms with Gasteiger partial charge in [-0.3, -0.25) is 19.7 Å². The minimum absolute atomic E-state index is 0.00665. The van der Waals surface area contributed by atoms with Gasteiger partial charge in [0.2, 0.25) is 5.88 Å². The Hall–Kier alpha value is -3.45. The summed E-state index contributed by atoms with van der Waals surface area (Å²) in [5.41, 5.74) is 1.39. The van der Waals surface area contributed by atoms with Crippen LogP contribution in [0.25, 0.3) is 5.69 Å². The molecule has 2 heterocycles. The van der Waals surface area contributed by atoms with Gasteiger partial charge in [0.25, 0.3) is 5.56 Å². The molecule has 4 rings (SSSR count). The van der Waals surface area contributed by atoms with Crippen LogP contribution in [0.2, 0.25) is 0 Å². The Bertz CT molecular complexity index is 1190. The molecule has 0 radical (unpaired) electrons. The topological polar surface area (TPSA) is 90.7 Å². The number of aromatic nitrogens is 2. The molecule has 1 saturated heterocycles. The van der Waals surface area contributed by atoms with Gasteiger partial charge >= 0.3 is 5.69 Å². The van der Waals surface area contributed by atoms with Crippen LogP contribution in [0, 0.1) is 6.92 Å². The van der Waals surface area contributed by atoms with Gasteiger partial charge in [-0.1, -0.05) is 42.5 Å². The first-order valence-corrected chi connectivity index (χ1v) is 10.5. The molecule has 7 nitrogen and oxygen atoms in total. The van der Waals surface area contributed by atoms with Crippen LogP contribution in [-0.4, -0.2) is 44.9 Å². The van der Waals surface area contributed by atoms with E-state index in [-0.39, 0.29) is 11.6 Å². The fraction of sp³-hybridized carbons (Fsp3) is 0.292. The molecule has 2 N–H and O–H groups in total. The number of aryl methyl sites for hydroxylation is 1. The Morgan fingerprint density at radius 2 is 1.84 bits per heavy atom. The number of hydrogen-bond donors (Lipinski definition) is 2. The molecule has 0 spiro atoms. The lowest BCUT2D eigenvalue weighted by Crippen LogP contribution is -2.35. The molecule has 0 amide bonds. The minimum atomic E-state index is -0.681. The van der Waals surface area contributed by atoms with E-state index in [4.69, 9.17) is 0 Å². The van der Waals surface area contributed by atoms with Gasteiger partial charge < -0.3 is 5.11 Å². The average Bonchev–Trinajstić information content (AvgIpc) is 2.75. The fourth-order valence-electron chi connectivity index (χ4n) is 3.91. The summed E-state index contributed by atoms with van der Waals surface area (Å²) in [6, 6.07) is 17.6. The zero-order valence-corrected chi connectivity index (χ0v) is 17.5. The highest BCUT2D eigenvalue weighted by molar-refractivity contribution is 5.82. The van der Waals surface area contributed by atoms with Gasteiger partial charge in [0.05, 0.1) is 11.7 Å². The summed E-state index contributed by atoms with van der Waals surface area (Å²) >= 11 is 0. The number of hydrogen-bond acceptors (Lipinski definition) is 5. The van der Waals surface area contributed by atoms with Crippen molar-refractivity contribution in [2.24, 2.45) is 4.99 Å². The third kappa shape index (κ3) is 4.83. The van der Waals surface area contributed by atoms with Crippen LogP contribution in [0.3, 0.4) is 0 Å². The summed E-state index contributed by atoms with van der Waals surface area (Å²) in [6.45, 7) is 4.65. The summed E-state index contributed by atoms with van der Waals surface area (Å²) < 4.78 is 1.10. The van der Waals surface area contributed by atoms with E-state index >= 15 is 0 Å². The van der Waals surface area contributed by atoms with Crippen LogP contribution >= 0.6 is 0 Å². The van der Waals surface area contributed by atoms with E-state index in [1.807, 2.05) is 31.2 Å². The van der Waals surface area contributed by atoms with E-state index in [2.05, 4.69) is 27.0 Å². The quantitative estimate of drug-likeness (QED) is 0.623. The molecule has 0 unspecified atom stereocenters. The highest BCUT2D eigenvalue weighted by atomic mass is 16.3. The van der Waals surface area contributed by atoms with Crippen LogP contribution < -0.4 is 11.2 Å². The molecule has 1 fully saturated rings. The van der Waals surface area contributed by atoms with Gasteiger partial charge in [0.1, 0.15) is 5.56 Å². The normalized spacial score (nSPS) is 15.5. The number of piperidine rings is 1. The van der Waals surface area contributed by atoms with E-state index in [1.165, 1.54) is 11.8 Å². The van der Waals surface area contributed by atoms with E-state index in [0.29, 0.717) is 5.69 Å². The standard InChI is InChI=1S/C24H26N4O3/c1-17-6-5-9-20(14-17)28-23(30)21(22(29)26-24(28)31)15-25-19-10-12-27(13-11-19)16-18-7-3-2-4-8-18/h2-9,14-15,19,30H,10-13,16H2,1H3,(H,26,29,31). The number of likely N-dealkylation sites (tertiary alicyclic amines) is 1. The number of nitrogens with zero attached hydrogens (tertiary/aromatic N) is 3. The molecule has 31 heavy (non-hydrogen) atoms. The Kier molecular flexibility index (Phi) is 6.13. The lowest BCUT2D eigenvalue weighted by atomic mass is 10.0. The molecule has 160 valence electrons. The number of nitrogens with one attached hydrogen (secondary N) is 1. The van der Waals surface area contributed by atoms with Gasteiger partial charge in [-0.25, -0.2) is 9.36 Å². The zero-order valence-electron chi connectivity index (χ0n) is 17.5. The first-order valence-electron chi connectivity index (χ1n) is 10.5. The van der Waals surface area contributed by atoms with Crippen LogP contribution in [0.4, 0.5) is 0 Å². The maximum Gasteiger partial charge on any atom is 0.335 e. The summed E-state index contributed by atoms with van der Waals surface area (Å²) in [5, 5.41) is 10.7. The highest BCUT2D eigenvalue weighted by Gasteiger charge is 2.19. The van der Waals surface area contributed by atoms with Crippen LogP contribution in [-0.2, 0) is 6.54 Å². The van der Waals surface area contributed by atoms with Crippen molar-refractivity contribution in [3.05, 3.63) is 92.1 Å². The number of benzene rings is 2. The molecule has 1 aliphatic heterocycles. The molecular formula is C24H26N4O3. The van der Waals surface area contributed by atoms with Gasteiger partial charge in [-0.05, 0) is 43.0 Å². The van der Waals surface area contributed by atoms with Gasteiger partial charge in [-0.15, -0.1) is 0 Å². The number of aromatic hydroxyl groups is 1. The smallest absolute Gasteiger partial charge is 0.335 e. The van der Waals surface area contributed by atoms with E-state index in [1.54, 1.807) is 18.2 Å². The van der Waals surface area contributed by atoms with Crippen molar-refractivity contribution < 1.29 is 5.11 Å². The second-order valence-electron chi connectivity index (χ2n) is 7.94. The Morgan fingerprint density at radius 3 is 2.55 bits per heavy atom. The maximum absolute atomic E-state index is 12.3. The lowest BCUT2D eigenvalue weighted by molar-refractivity contribution is 0.206. The van der Waals surface area contributed by atoms with Crippen molar-refractivity contribution in [1.82, 2.24) is 14.5 Å². The third-order valence-corrected chi connectivity index (χ3v) is 5.60. The van der Waals surface area contributed by atoms with E-state index in [9.17, 15) is 14.7 Å². The number of rotatable bonds is 5. The predicted molar refractivity (Wildman–Crippen MR) is 121 cm³/mol. The van der Waals surface area contributed by atoms with Crippen LogP contribution in [0.5, 0.6) is 5.88 Å². The lowest BCUT2D eigenvalue weighted by Gasteiger charge is -2.30. The molecular weight excluding hydrogens is 392 g/mol. The molecule has 0 aliphatic carbocycles. The van der Waals surface area contributed by atoms with E-state index < -0.39 is 17.1 Å². The second-order valence-corrected chi connectivity index (χ2v) is 7.94. The van der Waals surface area contributed by atoms with Crippen molar-refractivity contribution in [3.8, 4) is 11.6 Å². The summed E-state index contributed by atoms with van der Waals surface area (Å²) in [6.07, 6.45) is 3.15. The monoisotopic (exact) mass is 418 g/mol. The van der Waals surface area contributed by atoms with Crippen molar-refractivity contribution in [2.45, 2.75) is 32.4 Å². The van der Waals surface area contributed by atoms with E-state index in [0.717, 1.165) is 42.6 Å². The molecule has 0 saturated carbocycles. The van der Waals surface area contributed by atoms with Crippen molar-refractivity contribution >= 4 is 6.21 Å². The Morgan fingerprint density at radius 1 is 1.10 bits per heavy atom. The number of aliphatic imine (C=N–C) groups is 1. The van der Waals surface area contributed by atoms with Crippen molar-refractivity contribution in [1.29, 1.82) is 0 Å². The Balaban J connectivity index is 1.49. The fourth-order valence-corrected chi connectivity index (χ4v) is 3.91. The molecule has 3 aromatic rings. The molecule has 2 aromatic carbocycles. The second kappa shape index (κ2) is 9.14. The highest BCUT2D eigenvalue weighted by Crippen LogP contribution is 2.19. The van der Waals surface area contributed by atoms with Gasteiger partial charge in [-0.2, -0.15) is 0 Å². The molecule has 0 atom stereocenters. The van der Waals surface area contributed by atoms with Crippen molar-refractivity contribution in [2.75, 3.05) is 13.1 Å². The summed E-state index contributed by atoms with van der Waals surface area (Å²) in [4.78, 5) is 33.8. The van der Waals surface area contributed by atoms with Crippen LogP contribution in [0.1, 0.15) is 29.5 Å².